The zero-order valence-corrected chi connectivity index (χ0v) is 11.2. The van der Waals surface area contributed by atoms with Crippen molar-refractivity contribution in [2.45, 2.75) is 12.5 Å². The Morgan fingerprint density at radius 2 is 1.60 bits per heavy atom. The Bertz CT molecular complexity index is 626. The molecule has 0 fully saturated rings. The van der Waals surface area contributed by atoms with Crippen LogP contribution in [0.2, 0.25) is 0 Å². The average Bonchev–Trinajstić information content (AvgIpc) is 2.51. The van der Waals surface area contributed by atoms with E-state index in [1.165, 1.54) is 11.1 Å². The molecule has 2 aromatic rings. The minimum atomic E-state index is -0.346. The molecule has 0 saturated carbocycles. The lowest BCUT2D eigenvalue weighted by Gasteiger charge is -2.13. The molecule has 0 spiro atoms. The maximum Gasteiger partial charge on any atom is 0.0759 e. The molecular formula is C18H17NO. The van der Waals surface area contributed by atoms with Gasteiger partial charge in [0.1, 0.15) is 0 Å². The molecule has 1 atom stereocenters. The van der Waals surface area contributed by atoms with Crippen molar-refractivity contribution in [1.82, 2.24) is 0 Å². The van der Waals surface area contributed by atoms with E-state index in [-0.39, 0.29) is 6.10 Å². The van der Waals surface area contributed by atoms with Crippen molar-refractivity contribution in [3.05, 3.63) is 78.5 Å². The Morgan fingerprint density at radius 3 is 2.25 bits per heavy atom. The van der Waals surface area contributed by atoms with Crippen LogP contribution in [0.5, 0.6) is 0 Å². The number of nitrogens with one attached hydrogen (secondary N) is 1. The van der Waals surface area contributed by atoms with E-state index in [1.54, 1.807) is 6.08 Å². The largest absolute Gasteiger partial charge is 0.389 e. The van der Waals surface area contributed by atoms with Gasteiger partial charge in [-0.05, 0) is 35.8 Å². The first-order chi connectivity index (χ1) is 9.81. The fourth-order valence-corrected chi connectivity index (χ4v) is 2.25. The Kier molecular flexibility index (Phi) is 3.66. The molecule has 100 valence electrons. The van der Waals surface area contributed by atoms with Crippen LogP contribution in [0.1, 0.15) is 6.42 Å². The first-order valence-corrected chi connectivity index (χ1v) is 6.80. The molecule has 0 amide bonds. The molecule has 2 aromatic carbocycles. The number of aliphatic hydroxyl groups excluding tert-OH is 1. The quantitative estimate of drug-likeness (QED) is 0.878. The Balaban J connectivity index is 1.73. The van der Waals surface area contributed by atoms with Gasteiger partial charge < -0.3 is 10.4 Å². The third kappa shape index (κ3) is 2.98. The smallest absolute Gasteiger partial charge is 0.0759 e. The molecule has 3 rings (SSSR count). The van der Waals surface area contributed by atoms with Gasteiger partial charge in [0.05, 0.1) is 6.10 Å². The van der Waals surface area contributed by atoms with E-state index in [9.17, 15) is 5.11 Å². The van der Waals surface area contributed by atoms with Crippen molar-refractivity contribution in [3.8, 4) is 11.1 Å². The third-order valence-electron chi connectivity index (χ3n) is 3.36. The molecule has 0 heterocycles. The maximum atomic E-state index is 9.40. The van der Waals surface area contributed by atoms with Gasteiger partial charge in [0, 0.05) is 11.4 Å². The molecule has 1 aliphatic rings. The molecule has 1 unspecified atom stereocenters. The topological polar surface area (TPSA) is 32.3 Å². The first-order valence-electron chi connectivity index (χ1n) is 6.80. The van der Waals surface area contributed by atoms with Crippen LogP contribution in [0.3, 0.4) is 0 Å². The molecule has 2 N–H and O–H groups in total. The molecule has 0 aliphatic heterocycles. The summed E-state index contributed by atoms with van der Waals surface area (Å²) in [5, 5.41) is 12.7. The van der Waals surface area contributed by atoms with Crippen LogP contribution in [0.15, 0.2) is 78.5 Å². The minimum Gasteiger partial charge on any atom is -0.389 e. The molecule has 0 aromatic heterocycles. The van der Waals surface area contributed by atoms with Crippen LogP contribution < -0.4 is 5.32 Å². The van der Waals surface area contributed by atoms with Gasteiger partial charge in [-0.1, -0.05) is 54.6 Å². The maximum absolute atomic E-state index is 9.40. The zero-order valence-electron chi connectivity index (χ0n) is 11.2. The molecule has 1 aliphatic carbocycles. The molecular weight excluding hydrogens is 246 g/mol. The van der Waals surface area contributed by atoms with E-state index in [0.717, 1.165) is 11.4 Å². The van der Waals surface area contributed by atoms with Gasteiger partial charge in [0.2, 0.25) is 0 Å². The molecule has 0 radical (unpaired) electrons. The summed E-state index contributed by atoms with van der Waals surface area (Å²) < 4.78 is 0. The van der Waals surface area contributed by atoms with Crippen LogP contribution in [-0.2, 0) is 0 Å². The summed E-state index contributed by atoms with van der Waals surface area (Å²) in [7, 11) is 0. The minimum absolute atomic E-state index is 0.346. The fraction of sp³-hybridized carbons (Fsp3) is 0.111. The molecule has 0 bridgehead atoms. The predicted octanol–water partition coefficient (Wildman–Crippen LogP) is 3.97. The normalized spacial score (nSPS) is 17.6. The van der Waals surface area contributed by atoms with E-state index >= 15 is 0 Å². The Morgan fingerprint density at radius 1 is 0.900 bits per heavy atom. The van der Waals surface area contributed by atoms with Gasteiger partial charge in [0.15, 0.2) is 0 Å². The number of rotatable bonds is 3. The lowest BCUT2D eigenvalue weighted by Crippen LogP contribution is -2.08. The van der Waals surface area contributed by atoms with Gasteiger partial charge in [-0.3, -0.25) is 0 Å². The van der Waals surface area contributed by atoms with Crippen molar-refractivity contribution in [2.75, 3.05) is 5.32 Å². The third-order valence-corrected chi connectivity index (χ3v) is 3.36. The van der Waals surface area contributed by atoms with Crippen LogP contribution in [-0.4, -0.2) is 11.2 Å². The zero-order chi connectivity index (χ0) is 13.8. The predicted molar refractivity (Wildman–Crippen MR) is 83.3 cm³/mol. The summed E-state index contributed by atoms with van der Waals surface area (Å²) in [4.78, 5) is 0. The lowest BCUT2D eigenvalue weighted by molar-refractivity contribution is 0.225. The highest BCUT2D eigenvalue weighted by molar-refractivity contribution is 5.66. The second kappa shape index (κ2) is 5.76. The standard InChI is InChI=1S/C18H17NO/c20-18-12-10-17(11-13-18)19-16-8-6-15(7-9-16)14-4-2-1-3-5-14/h1-12,18-20H,13H2. The van der Waals surface area contributed by atoms with Gasteiger partial charge in [-0.25, -0.2) is 0 Å². The highest BCUT2D eigenvalue weighted by Gasteiger charge is 2.04. The van der Waals surface area contributed by atoms with Crippen molar-refractivity contribution in [1.29, 1.82) is 0 Å². The summed E-state index contributed by atoms with van der Waals surface area (Å²) in [6, 6.07) is 18.7. The number of aliphatic hydroxyl groups is 1. The van der Waals surface area contributed by atoms with Crippen molar-refractivity contribution < 1.29 is 5.11 Å². The summed E-state index contributed by atoms with van der Waals surface area (Å²) in [5.74, 6) is 0. The highest BCUT2D eigenvalue weighted by Crippen LogP contribution is 2.22. The van der Waals surface area contributed by atoms with Crippen molar-refractivity contribution in [2.24, 2.45) is 0 Å². The van der Waals surface area contributed by atoms with Crippen LogP contribution in [0.4, 0.5) is 5.69 Å². The second-order valence-corrected chi connectivity index (χ2v) is 4.89. The molecule has 20 heavy (non-hydrogen) atoms. The first kappa shape index (κ1) is 12.7. The molecule has 0 saturated heterocycles. The number of benzene rings is 2. The van der Waals surface area contributed by atoms with Crippen LogP contribution >= 0.6 is 0 Å². The average molecular weight is 263 g/mol. The second-order valence-electron chi connectivity index (χ2n) is 4.89. The lowest BCUT2D eigenvalue weighted by atomic mass is 10.1. The van der Waals surface area contributed by atoms with E-state index in [0.29, 0.717) is 6.42 Å². The number of anilines is 1. The van der Waals surface area contributed by atoms with Crippen LogP contribution in [0.25, 0.3) is 11.1 Å². The summed E-state index contributed by atoms with van der Waals surface area (Å²) >= 11 is 0. The molecule has 2 nitrogen and oxygen atoms in total. The summed E-state index contributed by atoms with van der Waals surface area (Å²) in [5.41, 5.74) is 4.51. The fourth-order valence-electron chi connectivity index (χ4n) is 2.25. The van der Waals surface area contributed by atoms with E-state index in [1.807, 2.05) is 30.4 Å². The Labute approximate surface area is 119 Å². The number of allylic oxidation sites excluding steroid dienone is 1. The van der Waals surface area contributed by atoms with Crippen molar-refractivity contribution in [3.63, 3.8) is 0 Å². The summed E-state index contributed by atoms with van der Waals surface area (Å²) in [6.45, 7) is 0. The summed E-state index contributed by atoms with van der Waals surface area (Å²) in [6.07, 6.45) is 6.05. The van der Waals surface area contributed by atoms with Gasteiger partial charge in [-0.15, -0.1) is 0 Å². The molecule has 2 heteroatoms. The Hall–Kier alpha value is -2.32. The van der Waals surface area contributed by atoms with E-state index < -0.39 is 0 Å². The SMILES string of the molecule is OC1C=CC(Nc2ccc(-c3ccccc3)cc2)=CC1. The van der Waals surface area contributed by atoms with Gasteiger partial charge >= 0.3 is 0 Å². The monoisotopic (exact) mass is 263 g/mol. The number of hydrogen-bond donors (Lipinski definition) is 2. The number of hydrogen-bond acceptors (Lipinski definition) is 2. The highest BCUT2D eigenvalue weighted by atomic mass is 16.3. The van der Waals surface area contributed by atoms with E-state index in [2.05, 4.69) is 41.7 Å². The van der Waals surface area contributed by atoms with E-state index in [4.69, 9.17) is 0 Å². The van der Waals surface area contributed by atoms with Gasteiger partial charge in [-0.2, -0.15) is 0 Å². The van der Waals surface area contributed by atoms with Crippen molar-refractivity contribution >= 4 is 5.69 Å². The van der Waals surface area contributed by atoms with Crippen LogP contribution in [0, 0.1) is 0 Å². The van der Waals surface area contributed by atoms with Gasteiger partial charge in [0.25, 0.3) is 0 Å².